The van der Waals surface area contributed by atoms with Crippen LogP contribution in [0, 0.1) is 0 Å². The number of thioether (sulfide) groups is 1. The van der Waals surface area contributed by atoms with Crippen molar-refractivity contribution in [2.24, 2.45) is 0 Å². The van der Waals surface area contributed by atoms with Gasteiger partial charge in [0.2, 0.25) is 0 Å². The molecule has 0 spiro atoms. The van der Waals surface area contributed by atoms with Crippen LogP contribution in [-0.4, -0.2) is 5.91 Å². The number of para-hydroxylation sites is 2. The average Bonchev–Trinajstić information content (AvgIpc) is 2.69. The molecule has 0 aliphatic rings. The fourth-order valence-electron chi connectivity index (χ4n) is 2.38. The van der Waals surface area contributed by atoms with Crippen LogP contribution in [0.15, 0.2) is 106 Å². The molecule has 0 aliphatic carbocycles. The van der Waals surface area contributed by atoms with E-state index < -0.39 is 0 Å². The lowest BCUT2D eigenvalue weighted by molar-refractivity contribution is -0.113. The normalized spacial score (nSPS) is 11.2. The van der Waals surface area contributed by atoms with E-state index in [0.717, 1.165) is 16.3 Å². The Morgan fingerprint density at radius 3 is 1.64 bits per heavy atom. The van der Waals surface area contributed by atoms with Gasteiger partial charge < -0.3 is 0 Å². The van der Waals surface area contributed by atoms with E-state index in [4.69, 9.17) is 11.6 Å². The van der Waals surface area contributed by atoms with Gasteiger partial charge in [-0.15, -0.1) is 0 Å². The largest absolute Gasteiger partial charge is 0.277 e. The maximum absolute atomic E-state index is 13.2. The average molecular weight is 366 g/mol. The number of anilines is 2. The Morgan fingerprint density at radius 2 is 1.20 bits per heavy atom. The molecule has 0 fully saturated rings. The summed E-state index contributed by atoms with van der Waals surface area (Å²) in [6, 6.07) is 28.8. The third-order valence-electron chi connectivity index (χ3n) is 3.51. The second kappa shape index (κ2) is 8.56. The van der Waals surface area contributed by atoms with E-state index in [0.29, 0.717) is 4.91 Å². The molecule has 3 aromatic rings. The summed E-state index contributed by atoms with van der Waals surface area (Å²) in [5.41, 5.74) is 2.94. The molecule has 0 bridgehead atoms. The molecule has 0 aliphatic heterocycles. The molecule has 25 heavy (non-hydrogen) atoms. The zero-order valence-corrected chi connectivity index (χ0v) is 15.0. The molecule has 0 saturated carbocycles. The maximum Gasteiger partial charge on any atom is 0.270 e. The van der Waals surface area contributed by atoms with E-state index >= 15 is 0 Å². The Morgan fingerprint density at radius 1 is 0.760 bits per heavy atom. The smallest absolute Gasteiger partial charge is 0.270 e. The topological polar surface area (TPSA) is 20.3 Å². The number of carbonyl (C=O) groups is 1. The van der Waals surface area contributed by atoms with Crippen LogP contribution in [0.25, 0.3) is 0 Å². The van der Waals surface area contributed by atoms with Gasteiger partial charge in [-0.05, 0) is 36.4 Å². The Kier molecular flexibility index (Phi) is 5.94. The highest BCUT2D eigenvalue weighted by atomic mass is 35.5. The molecule has 0 N–H and O–H groups in total. The Hall–Kier alpha value is -2.49. The Balaban J connectivity index is 1.96. The number of hydrogen-bond acceptors (Lipinski definition) is 2. The summed E-state index contributed by atoms with van der Waals surface area (Å²) in [6.07, 6.45) is 0. The van der Waals surface area contributed by atoms with E-state index in [-0.39, 0.29) is 5.91 Å². The first-order chi connectivity index (χ1) is 12.3. The van der Waals surface area contributed by atoms with Crippen LogP contribution in [0.4, 0.5) is 11.4 Å². The van der Waals surface area contributed by atoms with Crippen LogP contribution in [0.1, 0.15) is 0 Å². The van der Waals surface area contributed by atoms with Crippen molar-refractivity contribution < 1.29 is 4.79 Å². The van der Waals surface area contributed by atoms with Crippen molar-refractivity contribution in [3.63, 3.8) is 0 Å². The van der Waals surface area contributed by atoms with Crippen molar-refractivity contribution in [2.75, 3.05) is 4.90 Å². The highest BCUT2D eigenvalue weighted by Gasteiger charge is 2.22. The SMILES string of the molecule is O=C(/C(=C\Cl)Sc1ccccc1)N(c1ccccc1)c1ccccc1. The van der Waals surface area contributed by atoms with Gasteiger partial charge in [-0.25, -0.2) is 0 Å². The molecule has 3 aromatic carbocycles. The summed E-state index contributed by atoms with van der Waals surface area (Å²) in [4.78, 5) is 16.3. The van der Waals surface area contributed by atoms with Gasteiger partial charge in [0.15, 0.2) is 0 Å². The third-order valence-corrected chi connectivity index (χ3v) is 4.88. The third kappa shape index (κ3) is 4.32. The van der Waals surface area contributed by atoms with Gasteiger partial charge in [0.1, 0.15) is 0 Å². The van der Waals surface area contributed by atoms with Gasteiger partial charge in [-0.3, -0.25) is 9.69 Å². The molecule has 0 saturated heterocycles. The van der Waals surface area contributed by atoms with Crippen molar-refractivity contribution in [2.45, 2.75) is 4.90 Å². The molecule has 4 heteroatoms. The van der Waals surface area contributed by atoms with Gasteiger partial charge in [-0.2, -0.15) is 0 Å². The number of carbonyl (C=O) groups excluding carboxylic acids is 1. The molecule has 0 unspecified atom stereocenters. The minimum atomic E-state index is -0.166. The van der Waals surface area contributed by atoms with Gasteiger partial charge in [0.05, 0.1) is 4.91 Å². The quantitative estimate of drug-likeness (QED) is 0.395. The predicted molar refractivity (Wildman–Crippen MR) is 106 cm³/mol. The molecule has 0 aromatic heterocycles. The van der Waals surface area contributed by atoms with Crippen molar-refractivity contribution in [1.82, 2.24) is 0 Å². The zero-order valence-electron chi connectivity index (χ0n) is 13.4. The second-order valence-electron chi connectivity index (χ2n) is 5.20. The van der Waals surface area contributed by atoms with E-state index in [1.165, 1.54) is 17.3 Å². The van der Waals surface area contributed by atoms with E-state index in [1.54, 1.807) is 4.90 Å². The summed E-state index contributed by atoms with van der Waals surface area (Å²) in [6.45, 7) is 0. The number of rotatable bonds is 5. The molecule has 0 atom stereocenters. The van der Waals surface area contributed by atoms with Crippen LogP contribution >= 0.6 is 23.4 Å². The van der Waals surface area contributed by atoms with Gasteiger partial charge in [-0.1, -0.05) is 78.0 Å². The van der Waals surface area contributed by atoms with Crippen molar-refractivity contribution in [3.05, 3.63) is 101 Å². The monoisotopic (exact) mass is 365 g/mol. The highest BCUT2D eigenvalue weighted by molar-refractivity contribution is 8.04. The van der Waals surface area contributed by atoms with Gasteiger partial charge >= 0.3 is 0 Å². The standard InChI is InChI=1S/C21H16ClNOS/c22-16-20(25-19-14-8-3-9-15-19)21(24)23(17-10-4-1-5-11-17)18-12-6-2-7-13-18/h1-16H/b20-16+. The van der Waals surface area contributed by atoms with Crippen LogP contribution in [0.3, 0.4) is 0 Å². The van der Waals surface area contributed by atoms with Gasteiger partial charge in [0.25, 0.3) is 5.91 Å². The first kappa shape index (κ1) is 17.3. The summed E-state index contributed by atoms with van der Waals surface area (Å²) < 4.78 is 0. The van der Waals surface area contributed by atoms with Crippen molar-refractivity contribution in [3.8, 4) is 0 Å². The van der Waals surface area contributed by atoms with Crippen molar-refractivity contribution >= 4 is 40.6 Å². The molecule has 2 nitrogen and oxygen atoms in total. The maximum atomic E-state index is 13.2. The number of halogens is 1. The van der Waals surface area contributed by atoms with Crippen LogP contribution in [0.5, 0.6) is 0 Å². The first-order valence-corrected chi connectivity index (χ1v) is 9.03. The lowest BCUT2D eigenvalue weighted by Gasteiger charge is -2.24. The number of hydrogen-bond donors (Lipinski definition) is 0. The molecule has 0 heterocycles. The Bertz CT molecular complexity index is 811. The number of benzene rings is 3. The van der Waals surface area contributed by atoms with E-state index in [9.17, 15) is 4.79 Å². The summed E-state index contributed by atoms with van der Waals surface area (Å²) in [7, 11) is 0. The minimum Gasteiger partial charge on any atom is -0.277 e. The molecular formula is C21H16ClNOS. The van der Waals surface area contributed by atoms with Crippen LogP contribution < -0.4 is 4.90 Å². The molecule has 1 amide bonds. The summed E-state index contributed by atoms with van der Waals surface area (Å²) >= 11 is 7.35. The molecule has 0 radical (unpaired) electrons. The van der Waals surface area contributed by atoms with Crippen LogP contribution in [0.2, 0.25) is 0 Å². The fraction of sp³-hybridized carbons (Fsp3) is 0. The molecular weight excluding hydrogens is 350 g/mol. The lowest BCUT2D eigenvalue weighted by atomic mass is 10.2. The van der Waals surface area contributed by atoms with Crippen molar-refractivity contribution in [1.29, 1.82) is 0 Å². The summed E-state index contributed by atoms with van der Waals surface area (Å²) in [5, 5.41) is 0. The van der Waals surface area contributed by atoms with E-state index in [1.807, 2.05) is 91.0 Å². The second-order valence-corrected chi connectivity index (χ2v) is 6.53. The Labute approximate surface area is 156 Å². The minimum absolute atomic E-state index is 0.166. The number of nitrogens with zero attached hydrogens (tertiary/aromatic N) is 1. The lowest BCUT2D eigenvalue weighted by Crippen LogP contribution is -2.26. The first-order valence-electron chi connectivity index (χ1n) is 7.77. The zero-order chi connectivity index (χ0) is 17.5. The fourth-order valence-corrected chi connectivity index (χ4v) is 3.37. The molecule has 3 rings (SSSR count). The summed E-state index contributed by atoms with van der Waals surface area (Å²) in [5.74, 6) is -0.166. The highest BCUT2D eigenvalue weighted by Crippen LogP contribution is 2.33. The van der Waals surface area contributed by atoms with E-state index in [2.05, 4.69) is 0 Å². The van der Waals surface area contributed by atoms with Crippen LogP contribution in [-0.2, 0) is 4.79 Å². The predicted octanol–water partition coefficient (Wildman–Crippen LogP) is 6.22. The van der Waals surface area contributed by atoms with Gasteiger partial charge in [0, 0.05) is 21.8 Å². The molecule has 124 valence electrons. The number of amides is 1.